The van der Waals surface area contributed by atoms with Gasteiger partial charge in [0.1, 0.15) is 0 Å². The van der Waals surface area contributed by atoms with Gasteiger partial charge in [-0.2, -0.15) is 0 Å². The van der Waals surface area contributed by atoms with E-state index in [0.29, 0.717) is 0 Å². The van der Waals surface area contributed by atoms with Crippen molar-refractivity contribution in [3.63, 3.8) is 0 Å². The van der Waals surface area contributed by atoms with E-state index in [1.807, 2.05) is 12.1 Å². The van der Waals surface area contributed by atoms with Gasteiger partial charge < -0.3 is 5.32 Å². The van der Waals surface area contributed by atoms with Gasteiger partial charge in [0, 0.05) is 16.6 Å². The molecule has 1 aromatic rings. The summed E-state index contributed by atoms with van der Waals surface area (Å²) in [7, 11) is 0. The predicted octanol–water partition coefficient (Wildman–Crippen LogP) is 4.20. The minimum Gasteiger partial charge on any atom is -0.325 e. The first-order valence-corrected chi connectivity index (χ1v) is 7.16. The maximum Gasteiger partial charge on any atom is 0.227 e. The fourth-order valence-corrected chi connectivity index (χ4v) is 2.65. The second kappa shape index (κ2) is 5.75. The van der Waals surface area contributed by atoms with Crippen LogP contribution in [-0.4, -0.2) is 5.91 Å². The normalized spacial score (nSPS) is 15.3. The SMILES string of the molecule is CCc1ccc(Cl)c(CC)c1NC(=O)C1CCC1. The lowest BCUT2D eigenvalue weighted by molar-refractivity contribution is -0.122. The summed E-state index contributed by atoms with van der Waals surface area (Å²) in [5, 5.41) is 3.85. The van der Waals surface area contributed by atoms with Crippen molar-refractivity contribution < 1.29 is 4.79 Å². The van der Waals surface area contributed by atoms with Crippen molar-refractivity contribution in [3.8, 4) is 0 Å². The number of anilines is 1. The maximum atomic E-state index is 12.1. The molecule has 1 amide bonds. The van der Waals surface area contributed by atoms with Crippen LogP contribution in [0.4, 0.5) is 5.69 Å². The smallest absolute Gasteiger partial charge is 0.227 e. The average Bonchev–Trinajstić information content (AvgIpc) is 2.27. The zero-order valence-electron chi connectivity index (χ0n) is 11.1. The summed E-state index contributed by atoms with van der Waals surface area (Å²) >= 11 is 6.22. The Labute approximate surface area is 114 Å². The highest BCUT2D eigenvalue weighted by atomic mass is 35.5. The molecule has 1 aliphatic rings. The molecular weight excluding hydrogens is 246 g/mol. The van der Waals surface area contributed by atoms with E-state index in [1.54, 1.807) is 0 Å². The highest BCUT2D eigenvalue weighted by molar-refractivity contribution is 6.32. The van der Waals surface area contributed by atoms with Crippen LogP contribution < -0.4 is 5.32 Å². The van der Waals surface area contributed by atoms with Gasteiger partial charge in [0.25, 0.3) is 0 Å². The van der Waals surface area contributed by atoms with E-state index in [-0.39, 0.29) is 11.8 Å². The first kappa shape index (κ1) is 13.4. The summed E-state index contributed by atoms with van der Waals surface area (Å²) in [4.78, 5) is 12.1. The van der Waals surface area contributed by atoms with Crippen molar-refractivity contribution >= 4 is 23.2 Å². The van der Waals surface area contributed by atoms with E-state index in [0.717, 1.165) is 42.0 Å². The third-order valence-electron chi connectivity index (χ3n) is 3.80. The Bertz CT molecular complexity index is 452. The van der Waals surface area contributed by atoms with Crippen LogP contribution in [0.1, 0.15) is 44.2 Å². The first-order chi connectivity index (χ1) is 8.67. The molecule has 0 unspecified atom stereocenters. The van der Waals surface area contributed by atoms with Crippen molar-refractivity contribution in [2.75, 3.05) is 5.32 Å². The molecule has 0 spiro atoms. The van der Waals surface area contributed by atoms with Crippen LogP contribution in [0.2, 0.25) is 5.02 Å². The molecule has 0 bridgehead atoms. The van der Waals surface area contributed by atoms with Crippen LogP contribution in [-0.2, 0) is 17.6 Å². The zero-order valence-corrected chi connectivity index (χ0v) is 11.8. The molecule has 0 aliphatic heterocycles. The molecule has 2 nitrogen and oxygen atoms in total. The molecule has 0 aromatic heterocycles. The van der Waals surface area contributed by atoms with Crippen LogP contribution in [0.25, 0.3) is 0 Å². The van der Waals surface area contributed by atoms with Gasteiger partial charge in [-0.3, -0.25) is 4.79 Å². The van der Waals surface area contributed by atoms with Crippen molar-refractivity contribution in [2.45, 2.75) is 46.0 Å². The number of aryl methyl sites for hydroxylation is 1. The Morgan fingerprint density at radius 2 is 2.06 bits per heavy atom. The topological polar surface area (TPSA) is 29.1 Å². The molecule has 0 atom stereocenters. The van der Waals surface area contributed by atoms with Gasteiger partial charge in [-0.05, 0) is 42.9 Å². The van der Waals surface area contributed by atoms with Crippen LogP contribution in [0.15, 0.2) is 12.1 Å². The number of amides is 1. The van der Waals surface area contributed by atoms with E-state index in [1.165, 1.54) is 12.0 Å². The number of hydrogen-bond donors (Lipinski definition) is 1. The van der Waals surface area contributed by atoms with Crippen molar-refractivity contribution in [2.24, 2.45) is 5.92 Å². The molecule has 0 heterocycles. The standard InChI is InChI=1S/C15H20ClNO/c1-3-10-8-9-13(16)12(4-2)14(10)17-15(18)11-6-5-7-11/h8-9,11H,3-7H2,1-2H3,(H,17,18). The van der Waals surface area contributed by atoms with Crippen molar-refractivity contribution in [3.05, 3.63) is 28.3 Å². The highest BCUT2D eigenvalue weighted by Gasteiger charge is 2.26. The molecule has 1 fully saturated rings. The van der Waals surface area contributed by atoms with Crippen LogP contribution in [0.3, 0.4) is 0 Å². The Balaban J connectivity index is 2.28. The van der Waals surface area contributed by atoms with Crippen LogP contribution in [0, 0.1) is 5.92 Å². The van der Waals surface area contributed by atoms with E-state index in [2.05, 4.69) is 19.2 Å². The van der Waals surface area contributed by atoms with Crippen LogP contribution >= 0.6 is 11.6 Å². The van der Waals surface area contributed by atoms with Gasteiger partial charge >= 0.3 is 0 Å². The molecule has 1 aliphatic carbocycles. The van der Waals surface area contributed by atoms with E-state index >= 15 is 0 Å². The lowest BCUT2D eigenvalue weighted by Gasteiger charge is -2.25. The summed E-state index contributed by atoms with van der Waals surface area (Å²) in [6.07, 6.45) is 4.97. The predicted molar refractivity (Wildman–Crippen MR) is 76.2 cm³/mol. The molecular formula is C15H20ClNO. The summed E-state index contributed by atoms with van der Waals surface area (Å²) < 4.78 is 0. The van der Waals surface area contributed by atoms with Gasteiger partial charge in [-0.25, -0.2) is 0 Å². The molecule has 0 radical (unpaired) electrons. The quantitative estimate of drug-likeness (QED) is 0.868. The second-order valence-corrected chi connectivity index (χ2v) is 5.29. The fraction of sp³-hybridized carbons (Fsp3) is 0.533. The summed E-state index contributed by atoms with van der Waals surface area (Å²) in [6, 6.07) is 3.94. The zero-order chi connectivity index (χ0) is 13.1. The lowest BCUT2D eigenvalue weighted by Crippen LogP contribution is -2.28. The Morgan fingerprint density at radius 3 is 2.56 bits per heavy atom. The minimum atomic E-state index is 0.160. The van der Waals surface area contributed by atoms with Crippen LogP contribution in [0.5, 0.6) is 0 Å². The number of nitrogens with one attached hydrogen (secondary N) is 1. The third-order valence-corrected chi connectivity index (χ3v) is 4.15. The van der Waals surface area contributed by atoms with Gasteiger partial charge in [0.05, 0.1) is 0 Å². The molecule has 0 saturated heterocycles. The average molecular weight is 266 g/mol. The van der Waals surface area contributed by atoms with Crippen molar-refractivity contribution in [1.82, 2.24) is 0 Å². The summed E-state index contributed by atoms with van der Waals surface area (Å²) in [5.74, 6) is 0.367. The second-order valence-electron chi connectivity index (χ2n) is 4.88. The van der Waals surface area contributed by atoms with Gasteiger partial charge in [-0.15, -0.1) is 0 Å². The lowest BCUT2D eigenvalue weighted by atomic mass is 9.84. The Morgan fingerprint density at radius 1 is 1.33 bits per heavy atom. The molecule has 3 heteroatoms. The molecule has 1 aromatic carbocycles. The maximum absolute atomic E-state index is 12.1. The number of hydrogen-bond acceptors (Lipinski definition) is 1. The molecule has 1 saturated carbocycles. The highest BCUT2D eigenvalue weighted by Crippen LogP contribution is 2.32. The van der Waals surface area contributed by atoms with Gasteiger partial charge in [0.15, 0.2) is 0 Å². The summed E-state index contributed by atoms with van der Waals surface area (Å²) in [6.45, 7) is 4.17. The minimum absolute atomic E-state index is 0.160. The number of benzene rings is 1. The third kappa shape index (κ3) is 2.54. The molecule has 2 rings (SSSR count). The van der Waals surface area contributed by atoms with Gasteiger partial charge in [0.2, 0.25) is 5.91 Å². The number of halogens is 1. The fourth-order valence-electron chi connectivity index (χ4n) is 2.36. The number of rotatable bonds is 4. The Kier molecular flexibility index (Phi) is 4.28. The van der Waals surface area contributed by atoms with Gasteiger partial charge in [-0.1, -0.05) is 37.9 Å². The first-order valence-electron chi connectivity index (χ1n) is 6.78. The monoisotopic (exact) mass is 265 g/mol. The molecule has 18 heavy (non-hydrogen) atoms. The summed E-state index contributed by atoms with van der Waals surface area (Å²) in [5.41, 5.74) is 3.18. The number of carbonyl (C=O) groups is 1. The van der Waals surface area contributed by atoms with E-state index in [4.69, 9.17) is 11.6 Å². The number of carbonyl (C=O) groups excluding carboxylic acids is 1. The van der Waals surface area contributed by atoms with E-state index in [9.17, 15) is 4.79 Å². The Hall–Kier alpha value is -1.02. The van der Waals surface area contributed by atoms with E-state index < -0.39 is 0 Å². The molecule has 98 valence electrons. The van der Waals surface area contributed by atoms with Crippen molar-refractivity contribution in [1.29, 1.82) is 0 Å². The largest absolute Gasteiger partial charge is 0.325 e. The molecule has 1 N–H and O–H groups in total.